The molecule has 0 atom stereocenters. The minimum atomic E-state index is -0.550. The van der Waals surface area contributed by atoms with Crippen molar-refractivity contribution >= 4 is 17.4 Å². The zero-order valence-corrected chi connectivity index (χ0v) is 19.5. The number of nitro benzene ring substituents is 1. The molecule has 0 fully saturated rings. The molecule has 0 aliphatic heterocycles. The van der Waals surface area contributed by atoms with Crippen molar-refractivity contribution in [2.75, 3.05) is 5.32 Å². The number of nitro groups is 1. The van der Waals surface area contributed by atoms with Crippen molar-refractivity contribution in [2.24, 2.45) is 0 Å². The third kappa shape index (κ3) is 5.39. The van der Waals surface area contributed by atoms with Gasteiger partial charge in [-0.15, -0.1) is 0 Å². The van der Waals surface area contributed by atoms with Gasteiger partial charge in [-0.05, 0) is 78.4 Å². The van der Waals surface area contributed by atoms with Gasteiger partial charge in [0.2, 0.25) is 0 Å². The minimum Gasteiger partial charge on any atom is -0.457 e. The number of carbonyl (C=O) groups is 1. The van der Waals surface area contributed by atoms with Crippen molar-refractivity contribution in [1.82, 2.24) is 9.78 Å². The number of aromatic nitrogens is 2. The second-order valence-corrected chi connectivity index (χ2v) is 8.16. The summed E-state index contributed by atoms with van der Waals surface area (Å²) < 4.78 is 33.8. The smallest absolute Gasteiger partial charge is 0.346 e. The summed E-state index contributed by atoms with van der Waals surface area (Å²) in [6.45, 7) is 0. The van der Waals surface area contributed by atoms with Crippen LogP contribution in [0.5, 0.6) is 11.5 Å². The SMILES string of the molecule is O=C(Nc1ccc(Oc2ccc([N+](=O)[O-])cc2)cc1)n1cc(-c2ccc(F)cc2)c(-c2ccc(F)cc2)n1. The van der Waals surface area contributed by atoms with Crippen LogP contribution in [0.4, 0.5) is 25.0 Å². The number of benzene rings is 4. The van der Waals surface area contributed by atoms with Crippen LogP contribution in [-0.2, 0) is 0 Å². The molecule has 4 aromatic carbocycles. The number of hydrogen-bond acceptors (Lipinski definition) is 5. The molecule has 0 aliphatic rings. The van der Waals surface area contributed by atoms with Crippen molar-refractivity contribution in [3.05, 3.63) is 125 Å². The van der Waals surface area contributed by atoms with Gasteiger partial charge in [0.25, 0.3) is 5.69 Å². The summed E-state index contributed by atoms with van der Waals surface area (Å²) in [5.74, 6) is 0.0807. The molecule has 1 heterocycles. The van der Waals surface area contributed by atoms with Gasteiger partial charge in [-0.3, -0.25) is 10.1 Å². The van der Waals surface area contributed by atoms with Crippen LogP contribution in [0.2, 0.25) is 0 Å². The summed E-state index contributed by atoms with van der Waals surface area (Å²) in [6.07, 6.45) is 1.52. The van der Waals surface area contributed by atoms with Gasteiger partial charge >= 0.3 is 6.03 Å². The van der Waals surface area contributed by atoms with Gasteiger partial charge in [-0.25, -0.2) is 13.6 Å². The Morgan fingerprint density at radius 1 is 0.789 bits per heavy atom. The van der Waals surface area contributed by atoms with Gasteiger partial charge in [0.15, 0.2) is 0 Å². The number of hydrogen-bond donors (Lipinski definition) is 1. The number of rotatable bonds is 6. The molecular weight excluding hydrogens is 494 g/mol. The van der Waals surface area contributed by atoms with Crippen LogP contribution >= 0.6 is 0 Å². The first kappa shape index (κ1) is 24.3. The van der Waals surface area contributed by atoms with E-state index >= 15 is 0 Å². The number of amides is 1. The number of nitrogens with zero attached hydrogens (tertiary/aromatic N) is 3. The lowest BCUT2D eigenvalue weighted by molar-refractivity contribution is -0.384. The van der Waals surface area contributed by atoms with Crippen LogP contribution in [0, 0.1) is 21.7 Å². The number of ether oxygens (including phenoxy) is 1. The fraction of sp³-hybridized carbons (Fsp3) is 0. The van der Waals surface area contributed by atoms with E-state index in [1.54, 1.807) is 48.5 Å². The first-order valence-electron chi connectivity index (χ1n) is 11.3. The van der Waals surface area contributed by atoms with E-state index in [2.05, 4.69) is 10.4 Å². The highest BCUT2D eigenvalue weighted by Crippen LogP contribution is 2.32. The molecule has 38 heavy (non-hydrogen) atoms. The molecule has 188 valence electrons. The lowest BCUT2D eigenvalue weighted by atomic mass is 10.0. The Morgan fingerprint density at radius 3 is 1.87 bits per heavy atom. The summed E-state index contributed by atoms with van der Waals surface area (Å²) in [4.78, 5) is 23.3. The van der Waals surface area contributed by atoms with Crippen molar-refractivity contribution in [3.63, 3.8) is 0 Å². The van der Waals surface area contributed by atoms with Crippen LogP contribution in [-0.4, -0.2) is 20.7 Å². The van der Waals surface area contributed by atoms with Gasteiger partial charge in [0.1, 0.15) is 28.8 Å². The molecule has 10 heteroatoms. The predicted molar refractivity (Wildman–Crippen MR) is 137 cm³/mol. The van der Waals surface area contributed by atoms with Gasteiger partial charge < -0.3 is 10.1 Å². The van der Waals surface area contributed by atoms with E-state index in [0.717, 1.165) is 4.68 Å². The molecule has 5 rings (SSSR count). The topological polar surface area (TPSA) is 99.3 Å². The highest BCUT2D eigenvalue weighted by atomic mass is 19.1. The van der Waals surface area contributed by atoms with Gasteiger partial charge in [-0.2, -0.15) is 9.78 Å². The largest absolute Gasteiger partial charge is 0.457 e. The second-order valence-electron chi connectivity index (χ2n) is 8.16. The third-order valence-electron chi connectivity index (χ3n) is 5.58. The van der Waals surface area contributed by atoms with E-state index in [0.29, 0.717) is 39.6 Å². The van der Waals surface area contributed by atoms with Crippen LogP contribution in [0.3, 0.4) is 0 Å². The zero-order valence-electron chi connectivity index (χ0n) is 19.5. The number of halogens is 2. The second kappa shape index (κ2) is 10.3. The molecule has 0 saturated heterocycles. The van der Waals surface area contributed by atoms with E-state index in [4.69, 9.17) is 4.74 Å². The maximum absolute atomic E-state index is 13.5. The third-order valence-corrected chi connectivity index (χ3v) is 5.58. The lowest BCUT2D eigenvalue weighted by Crippen LogP contribution is -2.19. The van der Waals surface area contributed by atoms with E-state index in [-0.39, 0.29) is 5.69 Å². The fourth-order valence-electron chi connectivity index (χ4n) is 3.70. The number of carbonyl (C=O) groups excluding carboxylic acids is 1. The fourth-order valence-corrected chi connectivity index (χ4v) is 3.70. The first-order chi connectivity index (χ1) is 18.4. The van der Waals surface area contributed by atoms with Crippen molar-refractivity contribution in [1.29, 1.82) is 0 Å². The Kier molecular flexibility index (Phi) is 6.60. The summed E-state index contributed by atoms with van der Waals surface area (Å²) in [7, 11) is 0. The maximum Gasteiger partial charge on any atom is 0.346 e. The van der Waals surface area contributed by atoms with E-state index in [9.17, 15) is 23.7 Å². The quantitative estimate of drug-likeness (QED) is 0.190. The average Bonchev–Trinajstić information content (AvgIpc) is 3.37. The first-order valence-corrected chi connectivity index (χ1v) is 11.3. The molecule has 8 nitrogen and oxygen atoms in total. The van der Waals surface area contributed by atoms with Crippen LogP contribution < -0.4 is 10.1 Å². The Balaban J connectivity index is 1.35. The molecule has 0 saturated carbocycles. The van der Waals surface area contributed by atoms with Crippen LogP contribution in [0.1, 0.15) is 0 Å². The molecule has 0 spiro atoms. The molecule has 1 N–H and O–H groups in total. The maximum atomic E-state index is 13.5. The van der Waals surface area contributed by atoms with Crippen LogP contribution in [0.15, 0.2) is 103 Å². The highest BCUT2D eigenvalue weighted by molar-refractivity contribution is 5.92. The Bertz CT molecular complexity index is 1540. The van der Waals surface area contributed by atoms with E-state index in [1.807, 2.05) is 0 Å². The van der Waals surface area contributed by atoms with E-state index < -0.39 is 22.6 Å². The molecule has 0 radical (unpaired) electrons. The Morgan fingerprint density at radius 2 is 1.32 bits per heavy atom. The normalized spacial score (nSPS) is 10.7. The van der Waals surface area contributed by atoms with Crippen molar-refractivity contribution < 1.29 is 23.2 Å². The molecule has 5 aromatic rings. The summed E-state index contributed by atoms with van der Waals surface area (Å²) in [5.41, 5.74) is 2.65. The zero-order chi connectivity index (χ0) is 26.6. The van der Waals surface area contributed by atoms with E-state index in [1.165, 1.54) is 54.7 Å². The average molecular weight is 512 g/mol. The van der Waals surface area contributed by atoms with Crippen LogP contribution in [0.25, 0.3) is 22.4 Å². The summed E-state index contributed by atoms with van der Waals surface area (Å²) >= 11 is 0. The van der Waals surface area contributed by atoms with Gasteiger partial charge in [-0.1, -0.05) is 12.1 Å². The Labute approximate surface area is 214 Å². The standard InChI is InChI=1S/C28H18F2N4O4/c29-20-5-1-18(2-6-20)26-17-33(32-27(26)19-3-7-21(30)8-4-19)28(35)31-22-9-13-24(14-10-22)38-25-15-11-23(12-16-25)34(36)37/h1-17H,(H,31,35). The minimum absolute atomic E-state index is 0.0424. The molecule has 1 aromatic heterocycles. The monoisotopic (exact) mass is 512 g/mol. The molecular formula is C28H18F2N4O4. The highest BCUT2D eigenvalue weighted by Gasteiger charge is 2.17. The molecule has 0 bridgehead atoms. The van der Waals surface area contributed by atoms with Crippen molar-refractivity contribution in [3.8, 4) is 33.9 Å². The number of anilines is 1. The molecule has 0 unspecified atom stereocenters. The molecule has 0 aliphatic carbocycles. The number of nitrogens with one attached hydrogen (secondary N) is 1. The molecule has 1 amide bonds. The summed E-state index contributed by atoms with van der Waals surface area (Å²) in [6, 6.07) is 23.1. The number of non-ortho nitro benzene ring substituents is 1. The predicted octanol–water partition coefficient (Wildman–Crippen LogP) is 7.28. The van der Waals surface area contributed by atoms with Gasteiger partial charge in [0, 0.05) is 35.1 Å². The Hall–Kier alpha value is -5.38. The van der Waals surface area contributed by atoms with Gasteiger partial charge in [0.05, 0.1) is 4.92 Å². The van der Waals surface area contributed by atoms with Crippen molar-refractivity contribution in [2.45, 2.75) is 0 Å². The lowest BCUT2D eigenvalue weighted by Gasteiger charge is -2.08. The summed E-state index contributed by atoms with van der Waals surface area (Å²) in [5, 5.41) is 17.9.